The van der Waals surface area contributed by atoms with Crippen LogP contribution in [0.3, 0.4) is 0 Å². The first-order valence-electron chi connectivity index (χ1n) is 17.0. The molecule has 1 fully saturated rings. The SMILES string of the molecule is CCC(C)/C=C1/C=C(/Nc2cnc(N3CCC3CNC)cn2)C(=O)NCc2c1cccc2-n1ncc2cc(C(C)(C)C)cc(F)c2c1=O.CO. The van der Waals surface area contributed by atoms with Crippen LogP contribution in [0, 0.1) is 11.7 Å². The van der Waals surface area contributed by atoms with Crippen molar-refractivity contribution in [1.29, 1.82) is 0 Å². The second-order valence-electron chi connectivity index (χ2n) is 13.7. The van der Waals surface area contributed by atoms with Crippen LogP contribution >= 0.6 is 0 Å². The first kappa shape index (κ1) is 36.3. The number of aliphatic hydroxyl groups is 1. The van der Waals surface area contributed by atoms with E-state index < -0.39 is 11.4 Å². The zero-order valence-electron chi connectivity index (χ0n) is 29.8. The number of benzene rings is 2. The van der Waals surface area contributed by atoms with Crippen molar-refractivity contribution in [3.05, 3.63) is 99.6 Å². The molecule has 6 rings (SSSR count). The van der Waals surface area contributed by atoms with E-state index in [1.54, 1.807) is 18.5 Å². The fourth-order valence-electron chi connectivity index (χ4n) is 6.15. The van der Waals surface area contributed by atoms with Gasteiger partial charge in [0.2, 0.25) is 0 Å². The maximum absolute atomic E-state index is 15.5. The van der Waals surface area contributed by atoms with Gasteiger partial charge in [0.1, 0.15) is 23.1 Å². The summed E-state index contributed by atoms with van der Waals surface area (Å²) < 4.78 is 16.7. The fraction of sp³-hybridized carbons (Fsp3) is 0.395. The second kappa shape index (κ2) is 15.3. The van der Waals surface area contributed by atoms with Crippen molar-refractivity contribution >= 4 is 33.9 Å². The first-order valence-corrected chi connectivity index (χ1v) is 17.0. The number of hydrogen-bond acceptors (Lipinski definition) is 9. The van der Waals surface area contributed by atoms with Crippen molar-refractivity contribution in [2.24, 2.45) is 5.92 Å². The monoisotopic (exact) mass is 682 g/mol. The van der Waals surface area contributed by atoms with Gasteiger partial charge in [-0.1, -0.05) is 59.2 Å². The number of halogens is 1. The number of fused-ring (bicyclic) bond motifs is 2. The minimum atomic E-state index is -0.583. The van der Waals surface area contributed by atoms with Gasteiger partial charge >= 0.3 is 0 Å². The molecule has 2 aromatic carbocycles. The van der Waals surface area contributed by atoms with Gasteiger partial charge in [0.15, 0.2) is 0 Å². The number of allylic oxidation sites excluding steroid dienone is 3. The van der Waals surface area contributed by atoms with E-state index in [2.05, 4.69) is 55.8 Å². The van der Waals surface area contributed by atoms with Crippen molar-refractivity contribution in [1.82, 2.24) is 30.4 Å². The quantitative estimate of drug-likeness (QED) is 0.201. The Morgan fingerprint density at radius 3 is 2.56 bits per heavy atom. The summed E-state index contributed by atoms with van der Waals surface area (Å²) in [6, 6.07) is 9.23. The second-order valence-corrected chi connectivity index (χ2v) is 13.7. The Morgan fingerprint density at radius 2 is 1.92 bits per heavy atom. The summed E-state index contributed by atoms with van der Waals surface area (Å²) in [4.78, 5) is 38.8. The van der Waals surface area contributed by atoms with Crippen LogP contribution in [0.4, 0.5) is 16.0 Å². The molecular weight excluding hydrogens is 635 g/mol. The molecule has 0 aliphatic carbocycles. The summed E-state index contributed by atoms with van der Waals surface area (Å²) in [5, 5.41) is 21.3. The molecular formula is C38H47FN8O3. The first-order chi connectivity index (χ1) is 24.0. The number of rotatable bonds is 8. The van der Waals surface area contributed by atoms with E-state index in [1.807, 2.05) is 52.1 Å². The van der Waals surface area contributed by atoms with Crippen LogP contribution in [-0.2, 0) is 16.8 Å². The summed E-state index contributed by atoms with van der Waals surface area (Å²) >= 11 is 0. The van der Waals surface area contributed by atoms with Crippen molar-refractivity contribution in [3.8, 4) is 5.69 Å². The Morgan fingerprint density at radius 1 is 1.14 bits per heavy atom. The summed E-state index contributed by atoms with van der Waals surface area (Å²) in [6.07, 6.45) is 10.8. The van der Waals surface area contributed by atoms with Crippen LogP contribution in [-0.4, -0.2) is 64.1 Å². The smallest absolute Gasteiger partial charge is 0.282 e. The maximum Gasteiger partial charge on any atom is 0.282 e. The zero-order valence-corrected chi connectivity index (χ0v) is 29.8. The van der Waals surface area contributed by atoms with Gasteiger partial charge in [-0.15, -0.1) is 0 Å². The molecule has 4 N–H and O–H groups in total. The molecule has 2 aliphatic heterocycles. The van der Waals surface area contributed by atoms with Crippen LogP contribution < -0.4 is 26.4 Å². The lowest BCUT2D eigenvalue weighted by Crippen LogP contribution is -2.52. The minimum absolute atomic E-state index is 0.0222. The van der Waals surface area contributed by atoms with Crippen LogP contribution in [0.25, 0.3) is 22.0 Å². The highest BCUT2D eigenvalue weighted by atomic mass is 19.1. The topological polar surface area (TPSA) is 137 Å². The molecule has 50 heavy (non-hydrogen) atoms. The number of amides is 1. The Balaban J connectivity index is 0.00000239. The third-order valence-electron chi connectivity index (χ3n) is 9.25. The van der Waals surface area contributed by atoms with E-state index in [0.717, 1.165) is 55.6 Å². The largest absolute Gasteiger partial charge is 0.400 e. The molecule has 2 unspecified atom stereocenters. The normalized spacial score (nSPS) is 18.5. The Hall–Kier alpha value is -4.94. The number of aromatic nitrogens is 4. The number of nitrogens with zero attached hydrogens (tertiary/aromatic N) is 5. The average molecular weight is 683 g/mol. The Bertz CT molecular complexity index is 1980. The Labute approximate surface area is 292 Å². The predicted molar refractivity (Wildman–Crippen MR) is 197 cm³/mol. The van der Waals surface area contributed by atoms with Crippen molar-refractivity contribution in [3.63, 3.8) is 0 Å². The van der Waals surface area contributed by atoms with Gasteiger partial charge < -0.3 is 26.0 Å². The minimum Gasteiger partial charge on any atom is -0.400 e. The number of carbonyl (C=O) groups is 1. The molecule has 264 valence electrons. The van der Waals surface area contributed by atoms with Gasteiger partial charge in [-0.2, -0.15) is 9.78 Å². The summed E-state index contributed by atoms with van der Waals surface area (Å²) in [6.45, 7) is 12.1. The van der Waals surface area contributed by atoms with Gasteiger partial charge in [-0.05, 0) is 65.8 Å². The number of aliphatic hydroxyl groups excluding tert-OH is 1. The molecule has 1 saturated heterocycles. The lowest BCUT2D eigenvalue weighted by Gasteiger charge is -2.41. The van der Waals surface area contributed by atoms with E-state index in [0.29, 0.717) is 34.2 Å². The van der Waals surface area contributed by atoms with Gasteiger partial charge in [0, 0.05) is 43.7 Å². The van der Waals surface area contributed by atoms with Crippen molar-refractivity contribution < 1.29 is 14.3 Å². The van der Waals surface area contributed by atoms with Gasteiger partial charge in [-0.3, -0.25) is 9.59 Å². The molecule has 1 amide bonds. The van der Waals surface area contributed by atoms with Gasteiger partial charge in [0.25, 0.3) is 11.5 Å². The summed E-state index contributed by atoms with van der Waals surface area (Å²) in [7, 11) is 2.94. The summed E-state index contributed by atoms with van der Waals surface area (Å²) in [5.74, 6) is 0.527. The number of anilines is 2. The highest BCUT2D eigenvalue weighted by Gasteiger charge is 2.29. The fourth-order valence-corrected chi connectivity index (χ4v) is 6.15. The molecule has 2 aliphatic rings. The van der Waals surface area contributed by atoms with E-state index >= 15 is 4.39 Å². The number of nitrogens with one attached hydrogen (secondary N) is 3. The van der Waals surface area contributed by atoms with Crippen molar-refractivity contribution in [2.75, 3.05) is 37.5 Å². The molecule has 0 saturated carbocycles. The number of carbonyl (C=O) groups excluding carboxylic acids is 1. The molecule has 0 radical (unpaired) electrons. The third kappa shape index (κ3) is 7.46. The molecule has 2 aromatic heterocycles. The van der Waals surface area contributed by atoms with E-state index in [-0.39, 0.29) is 29.2 Å². The highest BCUT2D eigenvalue weighted by Crippen LogP contribution is 2.31. The van der Waals surface area contributed by atoms with Crippen molar-refractivity contribution in [2.45, 2.75) is 65.5 Å². The van der Waals surface area contributed by atoms with Gasteiger partial charge in [0.05, 0.1) is 29.7 Å². The standard InChI is InChI=1S/C37H43FN8O2.CH4O/c1-7-22(2)13-23-15-30(44-32-20-41-33(21-40-32)45-12-11-26(45)18-39-6)35(47)42-19-28-27(23)9-8-10-31(28)46-36(48)34-24(17-43-46)14-25(16-29(34)38)37(3,4)5;1-2/h8-10,13-17,20-22,26,39H,7,11-12,18-19H2,1-6H3,(H,40,44)(H,42,47);2H,1H3/b23-13-,30-15+;. The summed E-state index contributed by atoms with van der Waals surface area (Å²) in [5.41, 5.74) is 3.07. The average Bonchev–Trinajstić information content (AvgIpc) is 3.09. The predicted octanol–water partition coefficient (Wildman–Crippen LogP) is 5.07. The third-order valence-corrected chi connectivity index (χ3v) is 9.25. The zero-order chi connectivity index (χ0) is 36.2. The lowest BCUT2D eigenvalue weighted by atomic mass is 9.86. The van der Waals surface area contributed by atoms with E-state index in [4.69, 9.17) is 5.11 Å². The number of hydrogen-bond donors (Lipinski definition) is 4. The van der Waals surface area contributed by atoms with Crippen LogP contribution in [0.15, 0.2) is 71.6 Å². The van der Waals surface area contributed by atoms with E-state index in [1.165, 1.54) is 16.9 Å². The van der Waals surface area contributed by atoms with Crippen LogP contribution in [0.2, 0.25) is 0 Å². The molecule has 4 heterocycles. The molecule has 0 spiro atoms. The highest BCUT2D eigenvalue weighted by molar-refractivity contribution is 6.00. The molecule has 2 atom stereocenters. The van der Waals surface area contributed by atoms with Crippen LogP contribution in [0.5, 0.6) is 0 Å². The number of likely N-dealkylation sites (N-methyl/N-ethyl adjacent to an activating group) is 1. The van der Waals surface area contributed by atoms with Gasteiger partial charge in [-0.25, -0.2) is 14.4 Å². The maximum atomic E-state index is 15.5. The molecule has 0 bridgehead atoms. The lowest BCUT2D eigenvalue weighted by molar-refractivity contribution is -0.117. The van der Waals surface area contributed by atoms with E-state index in [9.17, 15) is 9.59 Å². The Kier molecular flexibility index (Phi) is 11.1. The molecule has 12 heteroatoms. The molecule has 4 aromatic rings. The van der Waals surface area contributed by atoms with Crippen LogP contribution in [0.1, 0.15) is 64.2 Å². The molecule has 11 nitrogen and oxygen atoms in total.